The van der Waals surface area contributed by atoms with Crippen LogP contribution in [0.4, 0.5) is 0 Å². The molecule has 0 saturated carbocycles. The van der Waals surface area contributed by atoms with E-state index in [9.17, 15) is 0 Å². The molecule has 0 aromatic rings. The molecular weight excluding hydrogens is 126 g/mol. The Morgan fingerprint density at radius 2 is 2.40 bits per heavy atom. The summed E-state index contributed by atoms with van der Waals surface area (Å²) in [5, 5.41) is 8.35. The van der Waals surface area contributed by atoms with Crippen LogP contribution in [0.5, 0.6) is 0 Å². The molecule has 1 rings (SSSR count). The van der Waals surface area contributed by atoms with Gasteiger partial charge in [0.05, 0.1) is 12.2 Å². The Morgan fingerprint density at radius 1 is 1.80 bits per heavy atom. The van der Waals surface area contributed by atoms with Gasteiger partial charge in [-0.15, -0.1) is 0 Å². The van der Waals surface area contributed by atoms with Gasteiger partial charge in [0.2, 0.25) is 0 Å². The van der Waals surface area contributed by atoms with Gasteiger partial charge in [-0.2, -0.15) is 5.26 Å². The Morgan fingerprint density at radius 3 is 2.70 bits per heavy atom. The van der Waals surface area contributed by atoms with Crippen LogP contribution in [0, 0.1) is 11.3 Å². The Labute approximate surface area is 61.1 Å². The van der Waals surface area contributed by atoms with E-state index in [1.807, 2.05) is 19.9 Å². The standard InChI is InChI=1S/C8H11NO/c1-3-7(4-5-9)8-6(2)10-8/h4,6,8H,3H2,1-2H3/b7-4+/t6-,8+/m1/s1. The number of hydrogen-bond acceptors (Lipinski definition) is 2. The summed E-state index contributed by atoms with van der Waals surface area (Å²) in [6.45, 7) is 4.06. The summed E-state index contributed by atoms with van der Waals surface area (Å²) in [6.07, 6.45) is 3.08. The van der Waals surface area contributed by atoms with Crippen LogP contribution < -0.4 is 0 Å². The van der Waals surface area contributed by atoms with Crippen molar-refractivity contribution < 1.29 is 4.74 Å². The molecule has 1 heterocycles. The van der Waals surface area contributed by atoms with Gasteiger partial charge in [-0.1, -0.05) is 6.92 Å². The number of rotatable bonds is 2. The van der Waals surface area contributed by atoms with Crippen molar-refractivity contribution in [2.45, 2.75) is 32.5 Å². The topological polar surface area (TPSA) is 36.3 Å². The van der Waals surface area contributed by atoms with E-state index in [4.69, 9.17) is 10.00 Å². The van der Waals surface area contributed by atoms with Crippen LogP contribution >= 0.6 is 0 Å². The Hall–Kier alpha value is -0.810. The van der Waals surface area contributed by atoms with E-state index < -0.39 is 0 Å². The molecule has 0 aliphatic carbocycles. The number of epoxide rings is 1. The minimum atomic E-state index is 0.240. The lowest BCUT2D eigenvalue weighted by atomic mass is 10.1. The van der Waals surface area contributed by atoms with Crippen LogP contribution in [-0.4, -0.2) is 12.2 Å². The van der Waals surface area contributed by atoms with Gasteiger partial charge in [-0.25, -0.2) is 0 Å². The molecule has 2 heteroatoms. The van der Waals surface area contributed by atoms with Gasteiger partial charge >= 0.3 is 0 Å². The van der Waals surface area contributed by atoms with Crippen LogP contribution in [0.1, 0.15) is 20.3 Å². The molecule has 2 nitrogen and oxygen atoms in total. The zero-order valence-electron chi connectivity index (χ0n) is 6.29. The molecule has 0 unspecified atom stereocenters. The first kappa shape index (κ1) is 7.30. The molecule has 10 heavy (non-hydrogen) atoms. The zero-order valence-corrected chi connectivity index (χ0v) is 6.29. The van der Waals surface area contributed by atoms with E-state index in [0.29, 0.717) is 6.10 Å². The molecule has 1 saturated heterocycles. The molecule has 0 amide bonds. The number of hydrogen-bond donors (Lipinski definition) is 0. The first-order valence-corrected chi connectivity index (χ1v) is 3.53. The number of nitrogens with zero attached hydrogens (tertiary/aromatic N) is 1. The lowest BCUT2D eigenvalue weighted by molar-refractivity contribution is 0.393. The predicted octanol–water partition coefficient (Wildman–Crippen LogP) is 1.63. The van der Waals surface area contributed by atoms with Gasteiger partial charge in [-0.3, -0.25) is 0 Å². The van der Waals surface area contributed by atoms with Crippen LogP contribution in [0.3, 0.4) is 0 Å². The van der Waals surface area contributed by atoms with E-state index >= 15 is 0 Å². The second-order valence-electron chi connectivity index (χ2n) is 2.46. The van der Waals surface area contributed by atoms with Crippen molar-refractivity contribution in [1.82, 2.24) is 0 Å². The molecule has 2 atom stereocenters. The smallest absolute Gasteiger partial charge is 0.106 e. The normalized spacial score (nSPS) is 31.5. The van der Waals surface area contributed by atoms with Gasteiger partial charge in [0.25, 0.3) is 0 Å². The highest BCUT2D eigenvalue weighted by Gasteiger charge is 2.36. The molecule has 0 spiro atoms. The summed E-state index contributed by atoms with van der Waals surface area (Å²) >= 11 is 0. The van der Waals surface area contributed by atoms with Gasteiger partial charge in [0.1, 0.15) is 6.10 Å². The quantitative estimate of drug-likeness (QED) is 0.428. The molecule has 0 radical (unpaired) electrons. The first-order chi connectivity index (χ1) is 4.79. The van der Waals surface area contributed by atoms with E-state index in [2.05, 4.69) is 0 Å². The minimum Gasteiger partial charge on any atom is -0.365 e. The van der Waals surface area contributed by atoms with E-state index in [1.54, 1.807) is 6.08 Å². The molecule has 1 aliphatic heterocycles. The molecule has 0 bridgehead atoms. The lowest BCUT2D eigenvalue weighted by Crippen LogP contribution is -1.93. The third-order valence-corrected chi connectivity index (χ3v) is 1.73. The number of allylic oxidation sites excluding steroid dienone is 1. The largest absolute Gasteiger partial charge is 0.365 e. The van der Waals surface area contributed by atoms with E-state index in [-0.39, 0.29) is 6.10 Å². The minimum absolute atomic E-state index is 0.240. The van der Waals surface area contributed by atoms with Gasteiger partial charge in [-0.05, 0) is 18.9 Å². The van der Waals surface area contributed by atoms with Crippen LogP contribution in [0.2, 0.25) is 0 Å². The molecule has 0 aromatic heterocycles. The third kappa shape index (κ3) is 1.37. The van der Waals surface area contributed by atoms with Crippen molar-refractivity contribution in [1.29, 1.82) is 5.26 Å². The van der Waals surface area contributed by atoms with Gasteiger partial charge in [0.15, 0.2) is 0 Å². The maximum absolute atomic E-state index is 8.35. The average molecular weight is 137 g/mol. The fourth-order valence-electron chi connectivity index (χ4n) is 1.04. The molecule has 1 fully saturated rings. The lowest BCUT2D eigenvalue weighted by Gasteiger charge is -1.93. The van der Waals surface area contributed by atoms with Crippen molar-refractivity contribution in [3.63, 3.8) is 0 Å². The summed E-state index contributed by atoms with van der Waals surface area (Å²) in [5.41, 5.74) is 1.12. The van der Waals surface area contributed by atoms with Crippen LogP contribution in [-0.2, 0) is 4.74 Å². The second-order valence-corrected chi connectivity index (χ2v) is 2.46. The predicted molar refractivity (Wildman–Crippen MR) is 38.3 cm³/mol. The van der Waals surface area contributed by atoms with Crippen molar-refractivity contribution in [2.24, 2.45) is 0 Å². The molecular formula is C8H11NO. The van der Waals surface area contributed by atoms with Crippen LogP contribution in [0.25, 0.3) is 0 Å². The summed E-state index contributed by atoms with van der Waals surface area (Å²) < 4.78 is 5.20. The fraction of sp³-hybridized carbons (Fsp3) is 0.625. The van der Waals surface area contributed by atoms with Crippen molar-refractivity contribution in [2.75, 3.05) is 0 Å². The maximum atomic E-state index is 8.35. The van der Waals surface area contributed by atoms with Crippen molar-refractivity contribution >= 4 is 0 Å². The fourth-order valence-corrected chi connectivity index (χ4v) is 1.04. The molecule has 1 aliphatic rings. The highest BCUT2D eigenvalue weighted by atomic mass is 16.6. The highest BCUT2D eigenvalue weighted by molar-refractivity contribution is 5.22. The summed E-state index contributed by atoms with van der Waals surface area (Å²) in [7, 11) is 0. The van der Waals surface area contributed by atoms with Crippen molar-refractivity contribution in [3.8, 4) is 6.07 Å². The molecule has 0 N–H and O–H groups in total. The average Bonchev–Trinajstić information content (AvgIpc) is 2.62. The maximum Gasteiger partial charge on any atom is 0.106 e. The highest BCUT2D eigenvalue weighted by Crippen LogP contribution is 2.29. The monoisotopic (exact) mass is 137 g/mol. The summed E-state index contributed by atoms with van der Waals surface area (Å²) in [4.78, 5) is 0. The van der Waals surface area contributed by atoms with Crippen molar-refractivity contribution in [3.05, 3.63) is 11.6 Å². The number of ether oxygens (including phenoxy) is 1. The molecule has 54 valence electrons. The summed E-state index contributed by atoms with van der Waals surface area (Å²) in [5.74, 6) is 0. The Kier molecular flexibility index (Phi) is 2.08. The molecule has 0 aromatic carbocycles. The Bertz CT molecular complexity index is 190. The van der Waals surface area contributed by atoms with E-state index in [1.165, 1.54) is 0 Å². The summed E-state index contributed by atoms with van der Waals surface area (Å²) in [6, 6.07) is 2.02. The second kappa shape index (κ2) is 2.85. The van der Waals surface area contributed by atoms with Gasteiger partial charge < -0.3 is 4.74 Å². The SMILES string of the molecule is CC/C(=C\C#N)[C@H]1O[C@@H]1C. The Balaban J connectivity index is 2.52. The zero-order chi connectivity index (χ0) is 7.56. The third-order valence-electron chi connectivity index (χ3n) is 1.73. The van der Waals surface area contributed by atoms with Crippen LogP contribution in [0.15, 0.2) is 11.6 Å². The van der Waals surface area contributed by atoms with E-state index in [0.717, 1.165) is 12.0 Å². The van der Waals surface area contributed by atoms with Gasteiger partial charge in [0, 0.05) is 6.08 Å². The first-order valence-electron chi connectivity index (χ1n) is 3.53. The number of nitriles is 1.